The Bertz CT molecular complexity index is 539. The first-order valence-corrected chi connectivity index (χ1v) is 6.92. The van der Waals surface area contributed by atoms with Crippen molar-refractivity contribution in [2.45, 2.75) is 19.1 Å². The van der Waals surface area contributed by atoms with Crippen molar-refractivity contribution in [3.05, 3.63) is 42.5 Å². The third-order valence-corrected chi connectivity index (χ3v) is 3.24. The standard InChI is InChI=1S/C16H22N2O2/c1-12(9-17)18-10-14(19)11-20-16-8-4-6-13-5-2-3-7-15(13)16/h2-8,12,14,18-19H,9-11,17H2,1H3/t12-,14-/m1/s1. The van der Waals surface area contributed by atoms with E-state index < -0.39 is 6.10 Å². The zero-order valence-electron chi connectivity index (χ0n) is 11.8. The number of benzene rings is 2. The van der Waals surface area contributed by atoms with Crippen molar-refractivity contribution in [3.63, 3.8) is 0 Å². The van der Waals surface area contributed by atoms with Crippen LogP contribution in [-0.2, 0) is 0 Å². The highest BCUT2D eigenvalue weighted by Crippen LogP contribution is 2.25. The van der Waals surface area contributed by atoms with Crippen LogP contribution in [0.25, 0.3) is 10.8 Å². The number of aliphatic hydroxyl groups excluding tert-OH is 1. The average molecular weight is 274 g/mol. The van der Waals surface area contributed by atoms with E-state index in [0.717, 1.165) is 16.5 Å². The molecule has 0 bridgehead atoms. The molecule has 0 amide bonds. The number of ether oxygens (including phenoxy) is 1. The smallest absolute Gasteiger partial charge is 0.127 e. The maximum absolute atomic E-state index is 9.90. The molecule has 2 rings (SSSR count). The molecule has 108 valence electrons. The fourth-order valence-electron chi connectivity index (χ4n) is 1.99. The van der Waals surface area contributed by atoms with Crippen LogP contribution in [0.1, 0.15) is 6.92 Å². The van der Waals surface area contributed by atoms with Crippen molar-refractivity contribution in [2.75, 3.05) is 19.7 Å². The fourth-order valence-corrected chi connectivity index (χ4v) is 1.99. The van der Waals surface area contributed by atoms with Crippen LogP contribution in [0, 0.1) is 0 Å². The highest BCUT2D eigenvalue weighted by Gasteiger charge is 2.08. The van der Waals surface area contributed by atoms with Crippen molar-refractivity contribution in [2.24, 2.45) is 5.73 Å². The van der Waals surface area contributed by atoms with Gasteiger partial charge in [-0.1, -0.05) is 36.4 Å². The second-order valence-corrected chi connectivity index (χ2v) is 4.99. The summed E-state index contributed by atoms with van der Waals surface area (Å²) < 4.78 is 5.73. The van der Waals surface area contributed by atoms with Gasteiger partial charge in [-0.25, -0.2) is 0 Å². The Morgan fingerprint density at radius 2 is 1.95 bits per heavy atom. The summed E-state index contributed by atoms with van der Waals surface area (Å²) in [6, 6.07) is 14.2. The molecule has 0 fully saturated rings. The quantitative estimate of drug-likeness (QED) is 0.716. The van der Waals surface area contributed by atoms with Gasteiger partial charge in [0.05, 0.1) is 0 Å². The molecular formula is C16H22N2O2. The molecule has 20 heavy (non-hydrogen) atoms. The Balaban J connectivity index is 1.92. The van der Waals surface area contributed by atoms with E-state index in [0.29, 0.717) is 13.1 Å². The Kier molecular flexibility index (Phi) is 5.35. The largest absolute Gasteiger partial charge is 0.490 e. The Hall–Kier alpha value is -1.62. The summed E-state index contributed by atoms with van der Waals surface area (Å²) in [6.07, 6.45) is -0.553. The molecule has 0 aromatic heterocycles. The summed E-state index contributed by atoms with van der Waals surface area (Å²) in [6.45, 7) is 3.27. The van der Waals surface area contributed by atoms with Gasteiger partial charge in [0, 0.05) is 24.5 Å². The maximum Gasteiger partial charge on any atom is 0.127 e. The van der Waals surface area contributed by atoms with E-state index in [-0.39, 0.29) is 12.6 Å². The molecule has 2 aromatic carbocycles. The van der Waals surface area contributed by atoms with Gasteiger partial charge >= 0.3 is 0 Å². The molecule has 0 radical (unpaired) electrons. The molecule has 0 spiro atoms. The summed E-state index contributed by atoms with van der Waals surface area (Å²) in [5.74, 6) is 0.800. The van der Waals surface area contributed by atoms with Gasteiger partial charge in [-0.3, -0.25) is 0 Å². The number of nitrogens with two attached hydrogens (primary N) is 1. The topological polar surface area (TPSA) is 67.5 Å². The van der Waals surface area contributed by atoms with E-state index in [2.05, 4.69) is 5.32 Å². The normalized spacial score (nSPS) is 14.2. The van der Waals surface area contributed by atoms with E-state index in [1.54, 1.807) is 0 Å². The molecule has 0 aliphatic rings. The second-order valence-electron chi connectivity index (χ2n) is 4.99. The zero-order chi connectivity index (χ0) is 14.4. The van der Waals surface area contributed by atoms with Crippen molar-refractivity contribution in [1.29, 1.82) is 0 Å². The molecule has 0 unspecified atom stereocenters. The monoisotopic (exact) mass is 274 g/mol. The lowest BCUT2D eigenvalue weighted by atomic mass is 10.1. The fraction of sp³-hybridized carbons (Fsp3) is 0.375. The molecule has 0 heterocycles. The molecule has 4 heteroatoms. The Morgan fingerprint density at radius 1 is 1.20 bits per heavy atom. The van der Waals surface area contributed by atoms with Crippen LogP contribution in [0.4, 0.5) is 0 Å². The summed E-state index contributed by atoms with van der Waals surface area (Å²) in [7, 11) is 0. The van der Waals surface area contributed by atoms with E-state index in [9.17, 15) is 5.11 Å². The molecule has 2 aromatic rings. The second kappa shape index (κ2) is 7.24. The molecule has 0 saturated heterocycles. The first-order valence-electron chi connectivity index (χ1n) is 6.92. The minimum atomic E-state index is -0.553. The van der Waals surface area contributed by atoms with Crippen LogP contribution in [0.3, 0.4) is 0 Å². The number of fused-ring (bicyclic) bond motifs is 1. The van der Waals surface area contributed by atoms with E-state index >= 15 is 0 Å². The van der Waals surface area contributed by atoms with Crippen molar-refractivity contribution < 1.29 is 9.84 Å². The van der Waals surface area contributed by atoms with Gasteiger partial charge < -0.3 is 20.9 Å². The van der Waals surface area contributed by atoms with E-state index in [1.165, 1.54) is 0 Å². The first-order chi connectivity index (χ1) is 9.70. The number of rotatable bonds is 7. The maximum atomic E-state index is 9.90. The van der Waals surface area contributed by atoms with Crippen LogP contribution < -0.4 is 15.8 Å². The molecule has 4 N–H and O–H groups in total. The van der Waals surface area contributed by atoms with Crippen LogP contribution >= 0.6 is 0 Å². The molecular weight excluding hydrogens is 252 g/mol. The summed E-state index contributed by atoms with van der Waals surface area (Å²) in [5.41, 5.74) is 5.51. The Labute approximate surface area is 119 Å². The summed E-state index contributed by atoms with van der Waals surface area (Å²) >= 11 is 0. The van der Waals surface area contributed by atoms with Crippen LogP contribution in [0.5, 0.6) is 5.75 Å². The van der Waals surface area contributed by atoms with Crippen molar-refractivity contribution in [1.82, 2.24) is 5.32 Å². The SMILES string of the molecule is C[C@H](CN)NC[C@@H](O)COc1cccc2ccccc12. The number of hydrogen-bond donors (Lipinski definition) is 3. The minimum absolute atomic E-state index is 0.196. The van der Waals surface area contributed by atoms with Gasteiger partial charge in [0.1, 0.15) is 18.5 Å². The van der Waals surface area contributed by atoms with Crippen LogP contribution in [0.15, 0.2) is 42.5 Å². The third kappa shape index (κ3) is 3.93. The molecule has 0 saturated carbocycles. The van der Waals surface area contributed by atoms with Crippen LogP contribution in [0.2, 0.25) is 0 Å². The Morgan fingerprint density at radius 3 is 2.75 bits per heavy atom. The van der Waals surface area contributed by atoms with E-state index in [1.807, 2.05) is 49.4 Å². The number of nitrogens with one attached hydrogen (secondary N) is 1. The van der Waals surface area contributed by atoms with Gasteiger partial charge in [0.15, 0.2) is 0 Å². The third-order valence-electron chi connectivity index (χ3n) is 3.24. The first kappa shape index (κ1) is 14.8. The van der Waals surface area contributed by atoms with Gasteiger partial charge in [-0.05, 0) is 18.4 Å². The molecule has 0 aliphatic heterocycles. The van der Waals surface area contributed by atoms with E-state index in [4.69, 9.17) is 10.5 Å². The number of hydrogen-bond acceptors (Lipinski definition) is 4. The highest BCUT2D eigenvalue weighted by atomic mass is 16.5. The van der Waals surface area contributed by atoms with Gasteiger partial charge in [0.25, 0.3) is 0 Å². The predicted molar refractivity (Wildman–Crippen MR) is 82.0 cm³/mol. The summed E-state index contributed by atoms with van der Waals surface area (Å²) in [4.78, 5) is 0. The molecule has 0 aliphatic carbocycles. The lowest BCUT2D eigenvalue weighted by molar-refractivity contribution is 0.105. The highest BCUT2D eigenvalue weighted by molar-refractivity contribution is 5.88. The van der Waals surface area contributed by atoms with Gasteiger partial charge in [-0.2, -0.15) is 0 Å². The molecule has 2 atom stereocenters. The van der Waals surface area contributed by atoms with Crippen molar-refractivity contribution >= 4 is 10.8 Å². The van der Waals surface area contributed by atoms with Gasteiger partial charge in [0.2, 0.25) is 0 Å². The predicted octanol–water partition coefficient (Wildman–Crippen LogP) is 1.52. The van der Waals surface area contributed by atoms with Crippen molar-refractivity contribution in [3.8, 4) is 5.75 Å². The average Bonchev–Trinajstić information content (AvgIpc) is 2.50. The lowest BCUT2D eigenvalue weighted by Crippen LogP contribution is -2.40. The lowest BCUT2D eigenvalue weighted by Gasteiger charge is -2.17. The van der Waals surface area contributed by atoms with Crippen LogP contribution in [-0.4, -0.2) is 36.9 Å². The van der Waals surface area contributed by atoms with Gasteiger partial charge in [-0.15, -0.1) is 0 Å². The minimum Gasteiger partial charge on any atom is -0.490 e. The number of aliphatic hydroxyl groups is 1. The molecule has 4 nitrogen and oxygen atoms in total. The zero-order valence-corrected chi connectivity index (χ0v) is 11.8. The summed E-state index contributed by atoms with van der Waals surface area (Å²) in [5, 5.41) is 15.2.